The number of hydrogen-bond donors (Lipinski definition) is 1. The van der Waals surface area contributed by atoms with Crippen LogP contribution in [0, 0.1) is 22.7 Å². The zero-order valence-electron chi connectivity index (χ0n) is 10.0. The van der Waals surface area contributed by atoms with Gasteiger partial charge in [0.2, 0.25) is 0 Å². The summed E-state index contributed by atoms with van der Waals surface area (Å²) in [5.74, 6) is 0. The van der Waals surface area contributed by atoms with Crippen LogP contribution < -0.4 is 5.73 Å². The SMILES string of the molecule is CC(C)(C)[Si](C)(C)O[C@@H](C#N)[C@@H](N)C#N. The van der Waals surface area contributed by atoms with E-state index < -0.39 is 20.5 Å². The lowest BCUT2D eigenvalue weighted by atomic mass is 10.2. The van der Waals surface area contributed by atoms with Gasteiger partial charge >= 0.3 is 0 Å². The minimum Gasteiger partial charge on any atom is -0.399 e. The molecule has 0 saturated carbocycles. The highest BCUT2D eigenvalue weighted by atomic mass is 28.4. The molecule has 0 aromatic rings. The van der Waals surface area contributed by atoms with Gasteiger partial charge in [0, 0.05) is 0 Å². The Labute approximate surface area is 92.8 Å². The second-order valence-corrected chi connectivity index (χ2v) is 9.84. The van der Waals surface area contributed by atoms with Gasteiger partial charge in [0.25, 0.3) is 0 Å². The summed E-state index contributed by atoms with van der Waals surface area (Å²) in [5.41, 5.74) is 5.49. The fourth-order valence-electron chi connectivity index (χ4n) is 0.742. The molecule has 0 spiro atoms. The van der Waals surface area contributed by atoms with Crippen molar-refractivity contribution in [2.45, 2.75) is 51.0 Å². The molecule has 84 valence electrons. The molecule has 0 aromatic carbocycles. The van der Waals surface area contributed by atoms with Crippen molar-refractivity contribution in [1.29, 1.82) is 10.5 Å². The van der Waals surface area contributed by atoms with Crippen LogP contribution in [0.15, 0.2) is 0 Å². The van der Waals surface area contributed by atoms with E-state index in [0.717, 1.165) is 0 Å². The standard InChI is InChI=1S/C10H19N3OSi/c1-10(2,3)15(4,5)14-9(7-12)8(13)6-11/h8-9H,13H2,1-5H3/t8-,9-/m0/s1. The highest BCUT2D eigenvalue weighted by Gasteiger charge is 2.40. The van der Waals surface area contributed by atoms with E-state index in [0.29, 0.717) is 0 Å². The van der Waals surface area contributed by atoms with Crippen molar-refractivity contribution < 1.29 is 4.43 Å². The molecule has 0 bridgehead atoms. The van der Waals surface area contributed by atoms with Crippen molar-refractivity contribution in [3.05, 3.63) is 0 Å². The average molecular weight is 225 g/mol. The molecule has 15 heavy (non-hydrogen) atoms. The Morgan fingerprint density at radius 2 is 1.67 bits per heavy atom. The van der Waals surface area contributed by atoms with Gasteiger partial charge in [0.05, 0.1) is 12.1 Å². The molecule has 0 heterocycles. The molecule has 0 unspecified atom stereocenters. The topological polar surface area (TPSA) is 82.8 Å². The molecule has 0 aliphatic heterocycles. The van der Waals surface area contributed by atoms with E-state index in [4.69, 9.17) is 20.7 Å². The van der Waals surface area contributed by atoms with Crippen LogP contribution >= 0.6 is 0 Å². The fraction of sp³-hybridized carbons (Fsp3) is 0.800. The molecule has 0 radical (unpaired) electrons. The van der Waals surface area contributed by atoms with E-state index in [1.54, 1.807) is 0 Å². The molecule has 0 aliphatic rings. The van der Waals surface area contributed by atoms with E-state index in [-0.39, 0.29) is 5.04 Å². The smallest absolute Gasteiger partial charge is 0.193 e. The van der Waals surface area contributed by atoms with Crippen LogP contribution in [-0.2, 0) is 4.43 Å². The predicted octanol–water partition coefficient (Wildman–Crippen LogP) is 1.75. The van der Waals surface area contributed by atoms with Crippen molar-refractivity contribution in [2.75, 3.05) is 0 Å². The Balaban J connectivity index is 4.73. The van der Waals surface area contributed by atoms with Crippen molar-refractivity contribution in [2.24, 2.45) is 5.73 Å². The Morgan fingerprint density at radius 1 is 1.20 bits per heavy atom. The Hall–Kier alpha value is -0.883. The normalized spacial score (nSPS) is 16.3. The first kappa shape index (κ1) is 14.1. The molecule has 2 N–H and O–H groups in total. The van der Waals surface area contributed by atoms with Gasteiger partial charge < -0.3 is 10.2 Å². The van der Waals surface area contributed by atoms with Gasteiger partial charge in [-0.1, -0.05) is 20.8 Å². The van der Waals surface area contributed by atoms with Gasteiger partial charge in [-0.3, -0.25) is 0 Å². The van der Waals surface area contributed by atoms with Gasteiger partial charge in [-0.25, -0.2) is 0 Å². The molecule has 5 heteroatoms. The van der Waals surface area contributed by atoms with Gasteiger partial charge in [-0.2, -0.15) is 10.5 Å². The minimum absolute atomic E-state index is 0.0112. The second kappa shape index (κ2) is 4.76. The molecule has 4 nitrogen and oxygen atoms in total. The Morgan fingerprint density at radius 3 is 1.93 bits per heavy atom. The molecular weight excluding hydrogens is 206 g/mol. The number of hydrogen-bond acceptors (Lipinski definition) is 4. The molecule has 0 aliphatic carbocycles. The molecule has 0 rings (SSSR count). The molecule has 0 amide bonds. The maximum Gasteiger partial charge on any atom is 0.193 e. The maximum atomic E-state index is 8.87. The number of nitriles is 2. The van der Waals surface area contributed by atoms with Crippen LogP contribution in [0.2, 0.25) is 18.1 Å². The zero-order chi connectivity index (χ0) is 12.3. The fourth-order valence-corrected chi connectivity index (χ4v) is 1.93. The van der Waals surface area contributed by atoms with Gasteiger partial charge in [-0.15, -0.1) is 0 Å². The summed E-state index contributed by atoms with van der Waals surface area (Å²) >= 11 is 0. The van der Waals surface area contributed by atoms with E-state index in [2.05, 4.69) is 20.8 Å². The molecule has 0 fully saturated rings. The van der Waals surface area contributed by atoms with E-state index >= 15 is 0 Å². The summed E-state index contributed by atoms with van der Waals surface area (Å²) < 4.78 is 5.73. The molecule has 0 aromatic heterocycles. The highest BCUT2D eigenvalue weighted by molar-refractivity contribution is 6.74. The van der Waals surface area contributed by atoms with E-state index in [1.165, 1.54) is 0 Å². The summed E-state index contributed by atoms with van der Waals surface area (Å²) in [6.45, 7) is 10.3. The first-order valence-electron chi connectivity index (χ1n) is 4.88. The lowest BCUT2D eigenvalue weighted by Crippen LogP contribution is -2.48. The largest absolute Gasteiger partial charge is 0.399 e. The van der Waals surface area contributed by atoms with E-state index in [9.17, 15) is 0 Å². The third-order valence-corrected chi connectivity index (χ3v) is 7.29. The quantitative estimate of drug-likeness (QED) is 0.742. The van der Waals surface area contributed by atoms with Crippen LogP contribution in [-0.4, -0.2) is 20.5 Å². The first-order valence-corrected chi connectivity index (χ1v) is 7.79. The lowest BCUT2D eigenvalue weighted by Gasteiger charge is -2.37. The molecular formula is C10H19N3OSi. The molecule has 2 atom stereocenters. The molecule has 0 saturated heterocycles. The Kier molecular flexibility index (Phi) is 4.48. The summed E-state index contributed by atoms with van der Waals surface area (Å²) in [6, 6.07) is 2.92. The van der Waals surface area contributed by atoms with Crippen LogP contribution in [0.5, 0.6) is 0 Å². The van der Waals surface area contributed by atoms with Crippen molar-refractivity contribution in [3.63, 3.8) is 0 Å². The van der Waals surface area contributed by atoms with Crippen molar-refractivity contribution in [3.8, 4) is 12.1 Å². The second-order valence-electron chi connectivity index (χ2n) is 5.08. The summed E-state index contributed by atoms with van der Waals surface area (Å²) in [5, 5.41) is 17.5. The van der Waals surface area contributed by atoms with Gasteiger partial charge in [0.15, 0.2) is 14.4 Å². The van der Waals surface area contributed by atoms with Gasteiger partial charge in [-0.05, 0) is 18.1 Å². The van der Waals surface area contributed by atoms with Crippen molar-refractivity contribution >= 4 is 8.32 Å². The maximum absolute atomic E-state index is 8.87. The number of nitrogens with zero attached hydrogens (tertiary/aromatic N) is 2. The van der Waals surface area contributed by atoms with Crippen LogP contribution in [0.3, 0.4) is 0 Å². The van der Waals surface area contributed by atoms with Crippen molar-refractivity contribution in [1.82, 2.24) is 0 Å². The van der Waals surface area contributed by atoms with Crippen LogP contribution in [0.25, 0.3) is 0 Å². The van der Waals surface area contributed by atoms with Gasteiger partial charge in [0.1, 0.15) is 6.04 Å². The first-order chi connectivity index (χ1) is 6.65. The lowest BCUT2D eigenvalue weighted by molar-refractivity contribution is 0.219. The summed E-state index contributed by atoms with van der Waals surface area (Å²) in [4.78, 5) is 0. The van der Waals surface area contributed by atoms with E-state index in [1.807, 2.05) is 25.2 Å². The predicted molar refractivity (Wildman–Crippen MR) is 61.3 cm³/mol. The third kappa shape index (κ3) is 3.64. The summed E-state index contributed by atoms with van der Waals surface area (Å²) in [7, 11) is -2.02. The highest BCUT2D eigenvalue weighted by Crippen LogP contribution is 2.37. The zero-order valence-corrected chi connectivity index (χ0v) is 11.0. The number of nitrogens with two attached hydrogens (primary N) is 1. The average Bonchev–Trinajstić information content (AvgIpc) is 2.11. The Bertz CT molecular complexity index is 295. The van der Waals surface area contributed by atoms with Crippen LogP contribution in [0.4, 0.5) is 0 Å². The third-order valence-electron chi connectivity index (χ3n) is 2.83. The van der Waals surface area contributed by atoms with Crippen LogP contribution in [0.1, 0.15) is 20.8 Å². The summed E-state index contributed by atoms with van der Waals surface area (Å²) in [6.07, 6.45) is -0.823. The number of rotatable bonds is 3. The monoisotopic (exact) mass is 225 g/mol. The minimum atomic E-state index is -2.02.